The van der Waals surface area contributed by atoms with Crippen molar-refractivity contribution in [3.8, 4) is 5.75 Å². The number of nitrogen functional groups attached to an aromatic ring is 1. The van der Waals surface area contributed by atoms with Crippen LogP contribution in [0.25, 0.3) is 0 Å². The van der Waals surface area contributed by atoms with E-state index in [0.29, 0.717) is 21.2 Å². The molecule has 0 saturated carbocycles. The van der Waals surface area contributed by atoms with Crippen molar-refractivity contribution >= 4 is 35.3 Å². The summed E-state index contributed by atoms with van der Waals surface area (Å²) in [5.74, 6) is 1.29. The molecule has 0 radical (unpaired) electrons. The molecule has 1 aromatic carbocycles. The number of nitrogens with two attached hydrogens (primary N) is 1. The molecule has 24 heavy (non-hydrogen) atoms. The molecule has 0 atom stereocenters. The molecular weight excluding hydrogens is 342 g/mol. The molecule has 0 bridgehead atoms. The number of ether oxygens (including phenoxy) is 1. The molecule has 1 amide bonds. The van der Waals surface area contributed by atoms with Crippen LogP contribution in [0, 0.1) is 3.95 Å². The standard InChI is InChI=1S/C17H21N3O2S2/c1-22-13-7-5-12(6-8-13)11-20-15(18)14(24-17(20)23)16(21)19-9-3-2-4-10-19/h5-8H,2-4,9-11,18H2,1H3. The summed E-state index contributed by atoms with van der Waals surface area (Å²) >= 11 is 6.74. The summed E-state index contributed by atoms with van der Waals surface area (Å²) < 4.78 is 7.63. The molecule has 1 aliphatic heterocycles. The number of piperidine rings is 1. The largest absolute Gasteiger partial charge is 0.497 e. The van der Waals surface area contributed by atoms with Crippen molar-refractivity contribution in [3.05, 3.63) is 38.7 Å². The molecule has 1 saturated heterocycles. The lowest BCUT2D eigenvalue weighted by molar-refractivity contribution is 0.0730. The van der Waals surface area contributed by atoms with E-state index < -0.39 is 0 Å². The molecule has 1 aromatic heterocycles. The van der Waals surface area contributed by atoms with Crippen LogP contribution in [0.1, 0.15) is 34.5 Å². The van der Waals surface area contributed by atoms with Gasteiger partial charge in [-0.15, -0.1) is 0 Å². The molecule has 128 valence electrons. The number of nitrogens with zero attached hydrogens (tertiary/aromatic N) is 2. The number of hydrogen-bond acceptors (Lipinski definition) is 5. The average molecular weight is 364 g/mol. The van der Waals surface area contributed by atoms with Gasteiger partial charge >= 0.3 is 0 Å². The van der Waals surface area contributed by atoms with E-state index in [0.717, 1.165) is 37.2 Å². The van der Waals surface area contributed by atoms with Crippen molar-refractivity contribution in [3.63, 3.8) is 0 Å². The van der Waals surface area contributed by atoms with Gasteiger partial charge in [0, 0.05) is 13.1 Å². The second kappa shape index (κ2) is 7.36. The predicted molar refractivity (Wildman–Crippen MR) is 99.4 cm³/mol. The van der Waals surface area contributed by atoms with Crippen molar-refractivity contribution in [1.82, 2.24) is 9.47 Å². The van der Waals surface area contributed by atoms with Crippen molar-refractivity contribution in [2.45, 2.75) is 25.8 Å². The number of aromatic nitrogens is 1. The Morgan fingerprint density at radius 2 is 1.92 bits per heavy atom. The van der Waals surface area contributed by atoms with Gasteiger partial charge < -0.3 is 19.9 Å². The lowest BCUT2D eigenvalue weighted by Gasteiger charge is -2.26. The third kappa shape index (κ3) is 3.47. The van der Waals surface area contributed by atoms with Gasteiger partial charge in [-0.25, -0.2) is 0 Å². The number of methoxy groups -OCH3 is 1. The second-order valence-corrected chi connectivity index (χ2v) is 7.51. The normalized spacial score (nSPS) is 14.6. The van der Waals surface area contributed by atoms with Gasteiger partial charge in [0.25, 0.3) is 5.91 Å². The van der Waals surface area contributed by atoms with E-state index in [1.807, 2.05) is 33.7 Å². The average Bonchev–Trinajstić information content (AvgIpc) is 2.90. The molecule has 0 unspecified atom stereocenters. The van der Waals surface area contributed by atoms with Crippen LogP contribution in [-0.2, 0) is 6.54 Å². The van der Waals surface area contributed by atoms with E-state index in [4.69, 9.17) is 22.7 Å². The van der Waals surface area contributed by atoms with Gasteiger partial charge in [-0.3, -0.25) is 4.79 Å². The number of carbonyl (C=O) groups excluding carboxylic acids is 1. The highest BCUT2D eigenvalue weighted by atomic mass is 32.1. The molecular formula is C17H21N3O2S2. The Kier molecular flexibility index (Phi) is 5.20. The van der Waals surface area contributed by atoms with E-state index in [2.05, 4.69) is 0 Å². The summed E-state index contributed by atoms with van der Waals surface area (Å²) in [4.78, 5) is 15.2. The Morgan fingerprint density at radius 1 is 1.25 bits per heavy atom. The Morgan fingerprint density at radius 3 is 2.54 bits per heavy atom. The van der Waals surface area contributed by atoms with Gasteiger partial charge in [-0.05, 0) is 49.2 Å². The quantitative estimate of drug-likeness (QED) is 0.844. The number of amides is 1. The summed E-state index contributed by atoms with van der Waals surface area (Å²) in [6.07, 6.45) is 3.31. The van der Waals surface area contributed by atoms with Crippen LogP contribution in [0.2, 0.25) is 0 Å². The van der Waals surface area contributed by atoms with Crippen LogP contribution < -0.4 is 10.5 Å². The minimum Gasteiger partial charge on any atom is -0.497 e. The topological polar surface area (TPSA) is 60.5 Å². The van der Waals surface area contributed by atoms with E-state index in [1.165, 1.54) is 17.8 Å². The van der Waals surface area contributed by atoms with Gasteiger partial charge in [0.15, 0.2) is 3.95 Å². The van der Waals surface area contributed by atoms with Crippen LogP contribution in [0.15, 0.2) is 24.3 Å². The Bertz CT molecular complexity index is 774. The van der Waals surface area contributed by atoms with Crippen LogP contribution in [0.5, 0.6) is 5.75 Å². The molecule has 1 fully saturated rings. The van der Waals surface area contributed by atoms with Crippen LogP contribution in [0.3, 0.4) is 0 Å². The smallest absolute Gasteiger partial charge is 0.267 e. The number of rotatable bonds is 4. The van der Waals surface area contributed by atoms with Gasteiger partial charge in [0.05, 0.1) is 13.7 Å². The molecule has 0 aliphatic carbocycles. The molecule has 2 heterocycles. The van der Waals surface area contributed by atoms with E-state index in [1.54, 1.807) is 7.11 Å². The lowest BCUT2D eigenvalue weighted by Crippen LogP contribution is -2.35. The molecule has 3 rings (SSSR count). The van der Waals surface area contributed by atoms with E-state index >= 15 is 0 Å². The first-order valence-corrected chi connectivity index (χ1v) is 9.24. The Balaban J connectivity index is 1.83. The first-order chi connectivity index (χ1) is 11.6. The lowest BCUT2D eigenvalue weighted by atomic mass is 10.1. The predicted octanol–water partition coefficient (Wildman–Crippen LogP) is 3.54. The van der Waals surface area contributed by atoms with Crippen molar-refractivity contribution < 1.29 is 9.53 Å². The monoisotopic (exact) mass is 363 g/mol. The first kappa shape index (κ1) is 17.0. The van der Waals surface area contributed by atoms with Gasteiger partial charge in [0.1, 0.15) is 16.4 Å². The molecule has 7 heteroatoms. The number of hydrogen-bond donors (Lipinski definition) is 1. The maximum Gasteiger partial charge on any atom is 0.267 e. The third-order valence-corrected chi connectivity index (χ3v) is 5.72. The molecule has 5 nitrogen and oxygen atoms in total. The SMILES string of the molecule is COc1ccc(Cn2c(N)c(C(=O)N3CCCCC3)sc2=S)cc1. The number of likely N-dealkylation sites (tertiary alicyclic amines) is 1. The summed E-state index contributed by atoms with van der Waals surface area (Å²) in [5.41, 5.74) is 7.31. The Labute approximate surface area is 150 Å². The maximum absolute atomic E-state index is 12.7. The molecule has 0 spiro atoms. The molecule has 2 aromatic rings. The number of thiazole rings is 1. The van der Waals surface area contributed by atoms with E-state index in [-0.39, 0.29) is 5.91 Å². The van der Waals surface area contributed by atoms with Crippen molar-refractivity contribution in [2.75, 3.05) is 25.9 Å². The highest BCUT2D eigenvalue weighted by Gasteiger charge is 2.24. The number of anilines is 1. The zero-order valence-electron chi connectivity index (χ0n) is 13.7. The molecule has 1 aliphatic rings. The maximum atomic E-state index is 12.7. The zero-order valence-corrected chi connectivity index (χ0v) is 15.3. The highest BCUT2D eigenvalue weighted by molar-refractivity contribution is 7.73. The van der Waals surface area contributed by atoms with Crippen LogP contribution in [0.4, 0.5) is 5.82 Å². The third-order valence-electron chi connectivity index (χ3n) is 4.27. The van der Waals surface area contributed by atoms with Crippen LogP contribution in [-0.4, -0.2) is 35.6 Å². The summed E-state index contributed by atoms with van der Waals surface area (Å²) in [6, 6.07) is 7.76. The number of carbonyl (C=O) groups is 1. The Hall–Kier alpha value is -1.86. The highest BCUT2D eigenvalue weighted by Crippen LogP contribution is 2.26. The van der Waals surface area contributed by atoms with Gasteiger partial charge in [0.2, 0.25) is 0 Å². The minimum atomic E-state index is 0.0109. The fraction of sp³-hybridized carbons (Fsp3) is 0.412. The first-order valence-electron chi connectivity index (χ1n) is 8.01. The van der Waals surface area contributed by atoms with Gasteiger partial charge in [-0.1, -0.05) is 23.5 Å². The van der Waals surface area contributed by atoms with E-state index in [9.17, 15) is 4.79 Å². The van der Waals surface area contributed by atoms with Crippen molar-refractivity contribution in [2.24, 2.45) is 0 Å². The fourth-order valence-electron chi connectivity index (χ4n) is 2.87. The minimum absolute atomic E-state index is 0.0109. The van der Waals surface area contributed by atoms with Gasteiger partial charge in [-0.2, -0.15) is 0 Å². The van der Waals surface area contributed by atoms with Crippen LogP contribution >= 0.6 is 23.6 Å². The number of benzene rings is 1. The summed E-state index contributed by atoms with van der Waals surface area (Å²) in [7, 11) is 1.64. The fourth-order valence-corrected chi connectivity index (χ4v) is 4.16. The van der Waals surface area contributed by atoms with Crippen molar-refractivity contribution in [1.29, 1.82) is 0 Å². The summed E-state index contributed by atoms with van der Waals surface area (Å²) in [5, 5.41) is 0. The second-order valence-electron chi connectivity index (χ2n) is 5.87. The molecule has 2 N–H and O–H groups in total. The zero-order chi connectivity index (χ0) is 17.1. The summed E-state index contributed by atoms with van der Waals surface area (Å²) in [6.45, 7) is 2.17.